The molecular formula is C12H11N5. The molecule has 0 saturated heterocycles. The Morgan fingerprint density at radius 3 is 2.82 bits per heavy atom. The number of benzene rings is 1. The number of aromatic amines is 1. The summed E-state index contributed by atoms with van der Waals surface area (Å²) in [7, 11) is 0. The van der Waals surface area contributed by atoms with Crippen LogP contribution in [0.5, 0.6) is 0 Å². The van der Waals surface area contributed by atoms with Gasteiger partial charge in [0.2, 0.25) is 0 Å². The van der Waals surface area contributed by atoms with Gasteiger partial charge in [0.05, 0.1) is 12.0 Å². The Labute approximate surface area is 97.7 Å². The molecule has 0 bridgehead atoms. The molecule has 3 aromatic rings. The molecule has 0 aliphatic carbocycles. The van der Waals surface area contributed by atoms with Crippen molar-refractivity contribution in [1.82, 2.24) is 15.0 Å². The van der Waals surface area contributed by atoms with Crippen molar-refractivity contribution in [2.75, 3.05) is 11.1 Å². The lowest BCUT2D eigenvalue weighted by Crippen LogP contribution is -1.96. The fourth-order valence-electron chi connectivity index (χ4n) is 1.69. The number of rotatable bonds is 2. The molecule has 0 amide bonds. The minimum absolute atomic E-state index is 0.606. The van der Waals surface area contributed by atoms with Crippen molar-refractivity contribution >= 4 is 28.4 Å². The Morgan fingerprint density at radius 2 is 2.00 bits per heavy atom. The van der Waals surface area contributed by atoms with Gasteiger partial charge >= 0.3 is 0 Å². The molecule has 0 atom stereocenters. The highest BCUT2D eigenvalue weighted by Crippen LogP contribution is 2.21. The van der Waals surface area contributed by atoms with Crippen molar-refractivity contribution in [2.24, 2.45) is 0 Å². The zero-order valence-corrected chi connectivity index (χ0v) is 9.01. The average Bonchev–Trinajstić information content (AvgIpc) is 2.79. The molecule has 3 rings (SSSR count). The quantitative estimate of drug-likeness (QED) is 0.625. The van der Waals surface area contributed by atoms with E-state index in [9.17, 15) is 0 Å². The first-order valence-electron chi connectivity index (χ1n) is 5.24. The van der Waals surface area contributed by atoms with Gasteiger partial charge in [-0.25, -0.2) is 9.97 Å². The number of aromatic nitrogens is 3. The number of H-pyrrole nitrogens is 1. The van der Waals surface area contributed by atoms with E-state index in [2.05, 4.69) is 20.3 Å². The van der Waals surface area contributed by atoms with Crippen molar-refractivity contribution in [3.63, 3.8) is 0 Å². The first kappa shape index (κ1) is 9.65. The van der Waals surface area contributed by atoms with Crippen LogP contribution in [0.1, 0.15) is 0 Å². The standard InChI is InChI=1S/C12H11N5/c13-9-6-10(16-8-4-2-1-3-5-8)17-12-11(9)14-7-15-12/h1-7H,(H4,13,14,15,16,17). The molecular weight excluding hydrogens is 214 g/mol. The molecule has 0 unspecified atom stereocenters. The predicted octanol–water partition coefficient (Wildman–Crippen LogP) is 2.28. The summed E-state index contributed by atoms with van der Waals surface area (Å²) in [5.41, 5.74) is 8.85. The summed E-state index contributed by atoms with van der Waals surface area (Å²) >= 11 is 0. The van der Waals surface area contributed by atoms with Crippen LogP contribution in [0.15, 0.2) is 42.7 Å². The molecule has 0 radical (unpaired) electrons. The number of imidazole rings is 1. The highest BCUT2D eigenvalue weighted by atomic mass is 15.0. The molecule has 2 aromatic heterocycles. The molecule has 0 aliphatic rings. The topological polar surface area (TPSA) is 79.6 Å². The van der Waals surface area contributed by atoms with E-state index in [1.54, 1.807) is 12.4 Å². The molecule has 17 heavy (non-hydrogen) atoms. The number of nitrogen functional groups attached to an aromatic ring is 1. The Balaban J connectivity index is 2.01. The highest BCUT2D eigenvalue weighted by molar-refractivity contribution is 5.86. The van der Waals surface area contributed by atoms with Gasteiger partial charge in [-0.15, -0.1) is 0 Å². The summed E-state index contributed by atoms with van der Waals surface area (Å²) in [5.74, 6) is 0.699. The van der Waals surface area contributed by atoms with Gasteiger partial charge in [0, 0.05) is 11.8 Å². The van der Waals surface area contributed by atoms with Gasteiger partial charge in [0.25, 0.3) is 0 Å². The first-order valence-corrected chi connectivity index (χ1v) is 5.24. The maximum Gasteiger partial charge on any atom is 0.161 e. The van der Waals surface area contributed by atoms with Crippen LogP contribution >= 0.6 is 0 Å². The maximum atomic E-state index is 5.89. The second-order valence-corrected chi connectivity index (χ2v) is 3.69. The second-order valence-electron chi connectivity index (χ2n) is 3.69. The van der Waals surface area contributed by atoms with E-state index in [4.69, 9.17) is 5.73 Å². The second kappa shape index (κ2) is 3.79. The van der Waals surface area contributed by atoms with Crippen molar-refractivity contribution < 1.29 is 0 Å². The molecule has 84 valence electrons. The Bertz CT molecular complexity index is 644. The van der Waals surface area contributed by atoms with E-state index in [0.29, 0.717) is 22.7 Å². The van der Waals surface area contributed by atoms with Crippen LogP contribution in [0.25, 0.3) is 11.2 Å². The monoisotopic (exact) mass is 225 g/mol. The molecule has 5 heteroatoms. The van der Waals surface area contributed by atoms with Crippen LogP contribution in [0, 0.1) is 0 Å². The molecule has 0 saturated carbocycles. The first-order chi connectivity index (χ1) is 8.33. The minimum Gasteiger partial charge on any atom is -0.397 e. The SMILES string of the molecule is Nc1cc(Nc2ccccc2)nc2[nH]cnc12. The number of para-hydroxylation sites is 1. The molecule has 0 aliphatic heterocycles. The summed E-state index contributed by atoms with van der Waals surface area (Å²) in [5, 5.41) is 3.19. The van der Waals surface area contributed by atoms with E-state index >= 15 is 0 Å². The predicted molar refractivity (Wildman–Crippen MR) is 68.0 cm³/mol. The van der Waals surface area contributed by atoms with Crippen LogP contribution < -0.4 is 11.1 Å². The third-order valence-corrected chi connectivity index (χ3v) is 2.46. The Hall–Kier alpha value is -2.56. The Morgan fingerprint density at radius 1 is 1.18 bits per heavy atom. The zero-order valence-electron chi connectivity index (χ0n) is 9.01. The number of anilines is 3. The van der Waals surface area contributed by atoms with E-state index < -0.39 is 0 Å². The lowest BCUT2D eigenvalue weighted by molar-refractivity contribution is 1.30. The van der Waals surface area contributed by atoms with Gasteiger partial charge in [-0.3, -0.25) is 0 Å². The minimum atomic E-state index is 0.606. The summed E-state index contributed by atoms with van der Waals surface area (Å²) in [6, 6.07) is 11.6. The zero-order chi connectivity index (χ0) is 11.7. The number of hydrogen-bond acceptors (Lipinski definition) is 4. The Kier molecular flexibility index (Phi) is 2.15. The molecule has 0 fully saturated rings. The van der Waals surface area contributed by atoms with Crippen molar-refractivity contribution in [3.05, 3.63) is 42.7 Å². The van der Waals surface area contributed by atoms with Crippen LogP contribution in [-0.2, 0) is 0 Å². The number of nitrogens with zero attached hydrogens (tertiary/aromatic N) is 2. The number of nitrogens with two attached hydrogens (primary N) is 1. The van der Waals surface area contributed by atoms with Gasteiger partial charge in [-0.1, -0.05) is 18.2 Å². The average molecular weight is 225 g/mol. The van der Waals surface area contributed by atoms with Crippen LogP contribution in [0.2, 0.25) is 0 Å². The van der Waals surface area contributed by atoms with Crippen LogP contribution in [0.4, 0.5) is 17.2 Å². The third-order valence-electron chi connectivity index (χ3n) is 2.46. The third kappa shape index (κ3) is 1.78. The fourth-order valence-corrected chi connectivity index (χ4v) is 1.69. The number of nitrogens with one attached hydrogen (secondary N) is 2. The highest BCUT2D eigenvalue weighted by Gasteiger charge is 2.05. The van der Waals surface area contributed by atoms with Gasteiger partial charge in [0.15, 0.2) is 5.65 Å². The van der Waals surface area contributed by atoms with E-state index in [1.807, 2.05) is 30.3 Å². The lowest BCUT2D eigenvalue weighted by atomic mass is 10.3. The molecule has 2 heterocycles. The van der Waals surface area contributed by atoms with Crippen molar-refractivity contribution in [3.8, 4) is 0 Å². The summed E-state index contributed by atoms with van der Waals surface area (Å²) in [6.07, 6.45) is 1.58. The van der Waals surface area contributed by atoms with Crippen LogP contribution in [-0.4, -0.2) is 15.0 Å². The van der Waals surface area contributed by atoms with Gasteiger partial charge in [-0.2, -0.15) is 0 Å². The van der Waals surface area contributed by atoms with Crippen LogP contribution in [0.3, 0.4) is 0 Å². The summed E-state index contributed by atoms with van der Waals surface area (Å²) in [4.78, 5) is 11.4. The van der Waals surface area contributed by atoms with Crippen molar-refractivity contribution in [2.45, 2.75) is 0 Å². The normalized spacial score (nSPS) is 10.6. The van der Waals surface area contributed by atoms with E-state index in [1.165, 1.54) is 0 Å². The largest absolute Gasteiger partial charge is 0.397 e. The number of hydrogen-bond donors (Lipinski definition) is 3. The van der Waals surface area contributed by atoms with Gasteiger partial charge in [-0.05, 0) is 12.1 Å². The number of pyridine rings is 1. The van der Waals surface area contributed by atoms with Gasteiger partial charge in [0.1, 0.15) is 11.3 Å². The fraction of sp³-hybridized carbons (Fsp3) is 0. The summed E-state index contributed by atoms with van der Waals surface area (Å²) in [6.45, 7) is 0. The number of fused-ring (bicyclic) bond motifs is 1. The van der Waals surface area contributed by atoms with Crippen molar-refractivity contribution in [1.29, 1.82) is 0 Å². The molecule has 5 nitrogen and oxygen atoms in total. The smallest absolute Gasteiger partial charge is 0.161 e. The maximum absolute atomic E-state index is 5.89. The molecule has 1 aromatic carbocycles. The van der Waals surface area contributed by atoms with E-state index in [-0.39, 0.29) is 0 Å². The molecule has 0 spiro atoms. The van der Waals surface area contributed by atoms with E-state index in [0.717, 1.165) is 5.69 Å². The molecule has 4 N–H and O–H groups in total. The lowest BCUT2D eigenvalue weighted by Gasteiger charge is -2.06. The van der Waals surface area contributed by atoms with Gasteiger partial charge < -0.3 is 16.0 Å². The summed E-state index contributed by atoms with van der Waals surface area (Å²) < 4.78 is 0.